The van der Waals surface area contributed by atoms with Crippen LogP contribution in [0, 0.1) is 0 Å². The van der Waals surface area contributed by atoms with Gasteiger partial charge in [-0.15, -0.1) is 24.0 Å². The second kappa shape index (κ2) is 10.0. The molecule has 0 spiro atoms. The zero-order valence-electron chi connectivity index (χ0n) is 12.2. The molecule has 1 fully saturated rings. The lowest BCUT2D eigenvalue weighted by Gasteiger charge is -2.16. The minimum absolute atomic E-state index is 0. The first-order valence-electron chi connectivity index (χ1n) is 7.40. The molecule has 6 heteroatoms. The van der Waals surface area contributed by atoms with E-state index in [1.54, 1.807) is 0 Å². The van der Waals surface area contributed by atoms with Crippen LogP contribution < -0.4 is 10.6 Å². The van der Waals surface area contributed by atoms with Gasteiger partial charge in [-0.2, -0.15) is 5.10 Å². The zero-order valence-corrected chi connectivity index (χ0v) is 14.5. The number of nitrogens with zero attached hydrogens (tertiary/aromatic N) is 3. The molecule has 0 unspecified atom stereocenters. The highest BCUT2D eigenvalue weighted by Crippen LogP contribution is 2.17. The van der Waals surface area contributed by atoms with Gasteiger partial charge in [0.15, 0.2) is 5.96 Å². The molecular formula is C14H26IN5. The van der Waals surface area contributed by atoms with Crippen molar-refractivity contribution in [1.82, 2.24) is 20.4 Å². The topological polar surface area (TPSA) is 54.2 Å². The fraction of sp³-hybridized carbons (Fsp3) is 0.714. The molecule has 1 aromatic heterocycles. The summed E-state index contributed by atoms with van der Waals surface area (Å²) in [4.78, 5) is 4.63. The van der Waals surface area contributed by atoms with Crippen molar-refractivity contribution in [2.24, 2.45) is 4.99 Å². The van der Waals surface area contributed by atoms with Crippen LogP contribution >= 0.6 is 24.0 Å². The number of hydrogen-bond donors (Lipinski definition) is 2. The Kier molecular flexibility index (Phi) is 8.64. The van der Waals surface area contributed by atoms with E-state index in [1.807, 2.05) is 23.1 Å². The van der Waals surface area contributed by atoms with E-state index in [4.69, 9.17) is 0 Å². The van der Waals surface area contributed by atoms with Crippen molar-refractivity contribution in [1.29, 1.82) is 0 Å². The summed E-state index contributed by atoms with van der Waals surface area (Å²) in [6.07, 6.45) is 10.1. The highest BCUT2D eigenvalue weighted by Gasteiger charge is 2.15. The standard InChI is InChI=1S/C14H25N5.HI/c1-2-15-14(18-13-7-3-4-8-13)16-9-5-11-19-12-6-10-17-19;/h6,10,12-13H,2-5,7-9,11H2,1H3,(H2,15,16,18);1H. The quantitative estimate of drug-likeness (QED) is 0.339. The van der Waals surface area contributed by atoms with Gasteiger partial charge in [-0.3, -0.25) is 9.67 Å². The molecule has 0 radical (unpaired) electrons. The Morgan fingerprint density at radius 2 is 2.20 bits per heavy atom. The van der Waals surface area contributed by atoms with Crippen LogP contribution in [-0.4, -0.2) is 34.9 Å². The summed E-state index contributed by atoms with van der Waals surface area (Å²) in [5.41, 5.74) is 0. The molecule has 20 heavy (non-hydrogen) atoms. The summed E-state index contributed by atoms with van der Waals surface area (Å²) < 4.78 is 1.95. The molecule has 0 atom stereocenters. The van der Waals surface area contributed by atoms with Crippen molar-refractivity contribution < 1.29 is 0 Å². The van der Waals surface area contributed by atoms with E-state index >= 15 is 0 Å². The Morgan fingerprint density at radius 3 is 2.85 bits per heavy atom. The monoisotopic (exact) mass is 391 g/mol. The van der Waals surface area contributed by atoms with Crippen LogP contribution in [0.25, 0.3) is 0 Å². The molecule has 0 aliphatic heterocycles. The van der Waals surface area contributed by atoms with Crippen LogP contribution in [-0.2, 0) is 6.54 Å². The molecule has 0 amide bonds. The van der Waals surface area contributed by atoms with Gasteiger partial charge in [-0.1, -0.05) is 12.8 Å². The second-order valence-electron chi connectivity index (χ2n) is 5.01. The third-order valence-corrected chi connectivity index (χ3v) is 3.41. The predicted molar refractivity (Wildman–Crippen MR) is 93.6 cm³/mol. The minimum Gasteiger partial charge on any atom is -0.357 e. The van der Waals surface area contributed by atoms with Crippen molar-refractivity contribution in [3.05, 3.63) is 18.5 Å². The Hall–Kier alpha value is -0.790. The summed E-state index contributed by atoms with van der Waals surface area (Å²) in [6.45, 7) is 4.79. The Balaban J connectivity index is 0.00000200. The molecule has 1 aliphatic rings. The number of nitrogens with one attached hydrogen (secondary N) is 2. The van der Waals surface area contributed by atoms with E-state index in [2.05, 4.69) is 27.6 Å². The van der Waals surface area contributed by atoms with Gasteiger partial charge in [0.05, 0.1) is 0 Å². The average Bonchev–Trinajstić information content (AvgIpc) is 3.08. The average molecular weight is 391 g/mol. The molecule has 0 bridgehead atoms. The highest BCUT2D eigenvalue weighted by atomic mass is 127. The van der Waals surface area contributed by atoms with Crippen molar-refractivity contribution >= 4 is 29.9 Å². The van der Waals surface area contributed by atoms with Crippen LogP contribution in [0.1, 0.15) is 39.0 Å². The third kappa shape index (κ3) is 6.11. The summed E-state index contributed by atoms with van der Waals surface area (Å²) in [5.74, 6) is 0.967. The SMILES string of the molecule is CCNC(=NCCCn1cccn1)NC1CCCC1.I. The van der Waals surface area contributed by atoms with Gasteiger partial charge in [0, 0.05) is 38.1 Å². The molecule has 0 saturated heterocycles. The van der Waals surface area contributed by atoms with E-state index in [0.717, 1.165) is 32.0 Å². The van der Waals surface area contributed by atoms with Crippen LogP contribution in [0.4, 0.5) is 0 Å². The summed E-state index contributed by atoms with van der Waals surface area (Å²) >= 11 is 0. The third-order valence-electron chi connectivity index (χ3n) is 3.41. The molecule has 1 aliphatic carbocycles. The summed E-state index contributed by atoms with van der Waals surface area (Å²) in [6, 6.07) is 2.57. The van der Waals surface area contributed by atoms with Crippen LogP contribution in [0.15, 0.2) is 23.5 Å². The van der Waals surface area contributed by atoms with Crippen molar-refractivity contribution in [3.8, 4) is 0 Å². The van der Waals surface area contributed by atoms with Gasteiger partial charge >= 0.3 is 0 Å². The maximum absolute atomic E-state index is 4.63. The minimum atomic E-state index is 0. The molecule has 0 aromatic carbocycles. The van der Waals surface area contributed by atoms with Crippen LogP contribution in [0.5, 0.6) is 0 Å². The molecule has 114 valence electrons. The number of halogens is 1. The van der Waals surface area contributed by atoms with Gasteiger partial charge in [0.2, 0.25) is 0 Å². The summed E-state index contributed by atoms with van der Waals surface area (Å²) in [5, 5.41) is 11.0. The van der Waals surface area contributed by atoms with Crippen LogP contribution in [0.2, 0.25) is 0 Å². The van der Waals surface area contributed by atoms with Crippen molar-refractivity contribution in [3.63, 3.8) is 0 Å². The first kappa shape index (κ1) is 17.3. The molecule has 1 saturated carbocycles. The maximum Gasteiger partial charge on any atom is 0.191 e. The molecule has 1 aromatic rings. The smallest absolute Gasteiger partial charge is 0.191 e. The van der Waals surface area contributed by atoms with Crippen LogP contribution in [0.3, 0.4) is 0 Å². The largest absolute Gasteiger partial charge is 0.357 e. The summed E-state index contributed by atoms with van der Waals surface area (Å²) in [7, 11) is 0. The number of aryl methyl sites for hydroxylation is 1. The Bertz CT molecular complexity index is 371. The highest BCUT2D eigenvalue weighted by molar-refractivity contribution is 14.0. The lowest BCUT2D eigenvalue weighted by molar-refractivity contribution is 0.579. The first-order chi connectivity index (χ1) is 9.38. The number of rotatable bonds is 6. The second-order valence-corrected chi connectivity index (χ2v) is 5.01. The lowest BCUT2D eigenvalue weighted by Crippen LogP contribution is -2.42. The Morgan fingerprint density at radius 1 is 1.40 bits per heavy atom. The fourth-order valence-corrected chi connectivity index (χ4v) is 2.44. The molecular weight excluding hydrogens is 365 g/mol. The van der Waals surface area contributed by atoms with E-state index in [9.17, 15) is 0 Å². The van der Waals surface area contributed by atoms with E-state index in [0.29, 0.717) is 6.04 Å². The lowest BCUT2D eigenvalue weighted by atomic mass is 10.2. The van der Waals surface area contributed by atoms with E-state index < -0.39 is 0 Å². The number of aromatic nitrogens is 2. The van der Waals surface area contributed by atoms with E-state index in [-0.39, 0.29) is 24.0 Å². The predicted octanol–water partition coefficient (Wildman–Crippen LogP) is 2.39. The molecule has 2 N–H and O–H groups in total. The van der Waals surface area contributed by atoms with Gasteiger partial charge in [0.25, 0.3) is 0 Å². The van der Waals surface area contributed by atoms with E-state index in [1.165, 1.54) is 25.7 Å². The molecule has 5 nitrogen and oxygen atoms in total. The van der Waals surface area contributed by atoms with Gasteiger partial charge in [-0.05, 0) is 32.3 Å². The molecule has 2 rings (SSSR count). The normalized spacial score (nSPS) is 15.9. The van der Waals surface area contributed by atoms with Crippen molar-refractivity contribution in [2.45, 2.75) is 51.6 Å². The number of guanidine groups is 1. The van der Waals surface area contributed by atoms with Gasteiger partial charge in [-0.25, -0.2) is 0 Å². The maximum atomic E-state index is 4.63. The number of hydrogen-bond acceptors (Lipinski definition) is 2. The fourth-order valence-electron chi connectivity index (χ4n) is 2.44. The first-order valence-corrected chi connectivity index (χ1v) is 7.40. The van der Waals surface area contributed by atoms with Gasteiger partial charge < -0.3 is 10.6 Å². The van der Waals surface area contributed by atoms with Crippen molar-refractivity contribution in [2.75, 3.05) is 13.1 Å². The molecule has 1 heterocycles. The Labute approximate surface area is 138 Å². The zero-order chi connectivity index (χ0) is 13.3. The number of aliphatic imine (C=N–C) groups is 1. The van der Waals surface area contributed by atoms with Gasteiger partial charge in [0.1, 0.15) is 0 Å².